The van der Waals surface area contributed by atoms with Crippen LogP contribution in [0.25, 0.3) is 0 Å². The Balaban J connectivity index is 2.09. The second kappa shape index (κ2) is 2.71. The number of nitrogens with one attached hydrogen (secondary N) is 1. The van der Waals surface area contributed by atoms with Gasteiger partial charge < -0.3 is 5.32 Å². The minimum absolute atomic E-state index is 0.367. The molecule has 1 N–H and O–H groups in total. The molecular formula is C10H20N2. The molecule has 2 rings (SSSR count). The van der Waals surface area contributed by atoms with Crippen LogP contribution in [0.4, 0.5) is 0 Å². The molecule has 0 aromatic carbocycles. The highest BCUT2D eigenvalue weighted by atomic mass is 15.3. The van der Waals surface area contributed by atoms with Crippen molar-refractivity contribution < 1.29 is 0 Å². The molecule has 2 aliphatic rings. The van der Waals surface area contributed by atoms with Crippen molar-refractivity contribution in [3.8, 4) is 0 Å². The fourth-order valence-corrected chi connectivity index (χ4v) is 2.68. The SMILES string of the molecule is CC(C)(C)N1CCC2CNCC21. The Morgan fingerprint density at radius 1 is 1.25 bits per heavy atom. The van der Waals surface area contributed by atoms with E-state index in [0.29, 0.717) is 5.54 Å². The molecule has 2 saturated heterocycles. The predicted octanol–water partition coefficient (Wildman–Crippen LogP) is 1.08. The van der Waals surface area contributed by atoms with E-state index in [1.807, 2.05) is 0 Å². The second-order valence-corrected chi connectivity index (χ2v) is 5.14. The molecule has 2 heterocycles. The highest BCUT2D eigenvalue weighted by Crippen LogP contribution is 2.32. The zero-order valence-electron chi connectivity index (χ0n) is 8.43. The van der Waals surface area contributed by atoms with Gasteiger partial charge in [0.25, 0.3) is 0 Å². The van der Waals surface area contributed by atoms with E-state index in [0.717, 1.165) is 12.0 Å². The fraction of sp³-hybridized carbons (Fsp3) is 1.00. The van der Waals surface area contributed by atoms with Crippen LogP contribution in [0.15, 0.2) is 0 Å². The van der Waals surface area contributed by atoms with Crippen LogP contribution in [-0.4, -0.2) is 36.1 Å². The second-order valence-electron chi connectivity index (χ2n) is 5.14. The molecule has 0 aromatic heterocycles. The van der Waals surface area contributed by atoms with E-state index in [1.54, 1.807) is 0 Å². The standard InChI is InChI=1S/C10H20N2/c1-10(2,3)12-5-4-8-6-11-7-9(8)12/h8-9,11H,4-7H2,1-3H3. The van der Waals surface area contributed by atoms with Crippen LogP contribution in [0.5, 0.6) is 0 Å². The summed E-state index contributed by atoms with van der Waals surface area (Å²) in [6, 6.07) is 0.824. The summed E-state index contributed by atoms with van der Waals surface area (Å²) in [6.07, 6.45) is 1.40. The van der Waals surface area contributed by atoms with Crippen molar-refractivity contribution in [2.24, 2.45) is 5.92 Å². The third kappa shape index (κ3) is 1.27. The summed E-state index contributed by atoms with van der Waals surface area (Å²) in [5, 5.41) is 3.48. The molecule has 0 aliphatic carbocycles. The highest BCUT2D eigenvalue weighted by molar-refractivity contribution is 4.98. The number of hydrogen-bond donors (Lipinski definition) is 1. The van der Waals surface area contributed by atoms with E-state index in [2.05, 4.69) is 31.0 Å². The first kappa shape index (κ1) is 8.52. The Bertz CT molecular complexity index is 171. The fourth-order valence-electron chi connectivity index (χ4n) is 2.68. The molecule has 2 atom stereocenters. The van der Waals surface area contributed by atoms with Gasteiger partial charge in [0, 0.05) is 18.1 Å². The van der Waals surface area contributed by atoms with Gasteiger partial charge in [-0.05, 0) is 46.2 Å². The maximum atomic E-state index is 3.48. The van der Waals surface area contributed by atoms with Crippen LogP contribution in [0.1, 0.15) is 27.2 Å². The van der Waals surface area contributed by atoms with Gasteiger partial charge in [-0.2, -0.15) is 0 Å². The van der Waals surface area contributed by atoms with Crippen LogP contribution in [0.3, 0.4) is 0 Å². The molecule has 12 heavy (non-hydrogen) atoms. The molecule has 0 saturated carbocycles. The third-order valence-corrected chi connectivity index (χ3v) is 3.31. The topological polar surface area (TPSA) is 15.3 Å². The Morgan fingerprint density at radius 2 is 2.00 bits per heavy atom. The van der Waals surface area contributed by atoms with Crippen molar-refractivity contribution in [3.63, 3.8) is 0 Å². The first-order valence-electron chi connectivity index (χ1n) is 5.06. The van der Waals surface area contributed by atoms with Crippen molar-refractivity contribution in [1.82, 2.24) is 10.2 Å². The summed E-state index contributed by atoms with van der Waals surface area (Å²) in [7, 11) is 0. The van der Waals surface area contributed by atoms with Gasteiger partial charge in [-0.3, -0.25) is 4.90 Å². The largest absolute Gasteiger partial charge is 0.315 e. The van der Waals surface area contributed by atoms with Crippen molar-refractivity contribution in [2.45, 2.75) is 38.8 Å². The normalized spacial score (nSPS) is 37.2. The average molecular weight is 168 g/mol. The highest BCUT2D eigenvalue weighted by Gasteiger charge is 2.41. The maximum Gasteiger partial charge on any atom is 0.0266 e. The zero-order chi connectivity index (χ0) is 8.77. The Kier molecular flexibility index (Phi) is 1.92. The lowest BCUT2D eigenvalue weighted by molar-refractivity contribution is 0.122. The van der Waals surface area contributed by atoms with Gasteiger partial charge in [0.1, 0.15) is 0 Å². The summed E-state index contributed by atoms with van der Waals surface area (Å²) in [5.41, 5.74) is 0.367. The summed E-state index contributed by atoms with van der Waals surface area (Å²) in [6.45, 7) is 10.7. The number of nitrogens with zero attached hydrogens (tertiary/aromatic N) is 1. The molecule has 70 valence electrons. The lowest BCUT2D eigenvalue weighted by Crippen LogP contribution is -2.46. The van der Waals surface area contributed by atoms with E-state index < -0.39 is 0 Å². The Morgan fingerprint density at radius 3 is 2.67 bits per heavy atom. The van der Waals surface area contributed by atoms with Crippen LogP contribution >= 0.6 is 0 Å². The molecular weight excluding hydrogens is 148 g/mol. The predicted molar refractivity (Wildman–Crippen MR) is 51.2 cm³/mol. The Hall–Kier alpha value is -0.0800. The van der Waals surface area contributed by atoms with E-state index in [1.165, 1.54) is 26.1 Å². The van der Waals surface area contributed by atoms with E-state index in [-0.39, 0.29) is 0 Å². The van der Waals surface area contributed by atoms with Gasteiger partial charge in [-0.1, -0.05) is 0 Å². The smallest absolute Gasteiger partial charge is 0.0266 e. The van der Waals surface area contributed by atoms with Crippen LogP contribution in [-0.2, 0) is 0 Å². The summed E-state index contributed by atoms with van der Waals surface area (Å²) in [5.74, 6) is 0.934. The van der Waals surface area contributed by atoms with Gasteiger partial charge in [0.05, 0.1) is 0 Å². The molecule has 2 aliphatic heterocycles. The molecule has 0 aromatic rings. The number of hydrogen-bond acceptors (Lipinski definition) is 2. The van der Waals surface area contributed by atoms with Gasteiger partial charge >= 0.3 is 0 Å². The van der Waals surface area contributed by atoms with E-state index >= 15 is 0 Å². The van der Waals surface area contributed by atoms with Crippen LogP contribution in [0.2, 0.25) is 0 Å². The lowest BCUT2D eigenvalue weighted by Gasteiger charge is -2.36. The van der Waals surface area contributed by atoms with Crippen LogP contribution < -0.4 is 5.32 Å². The lowest BCUT2D eigenvalue weighted by atomic mass is 10.0. The van der Waals surface area contributed by atoms with Crippen molar-refractivity contribution in [3.05, 3.63) is 0 Å². The molecule has 2 nitrogen and oxygen atoms in total. The van der Waals surface area contributed by atoms with Crippen LogP contribution in [0, 0.1) is 5.92 Å². The molecule has 0 spiro atoms. The van der Waals surface area contributed by atoms with Gasteiger partial charge in [-0.15, -0.1) is 0 Å². The zero-order valence-corrected chi connectivity index (χ0v) is 8.43. The third-order valence-electron chi connectivity index (χ3n) is 3.31. The van der Waals surface area contributed by atoms with Crippen molar-refractivity contribution >= 4 is 0 Å². The molecule has 0 bridgehead atoms. The molecule has 2 fully saturated rings. The maximum absolute atomic E-state index is 3.48. The average Bonchev–Trinajstić information content (AvgIpc) is 2.37. The Labute approximate surface area is 75.3 Å². The minimum Gasteiger partial charge on any atom is -0.315 e. The number of rotatable bonds is 0. The van der Waals surface area contributed by atoms with Gasteiger partial charge in [-0.25, -0.2) is 0 Å². The molecule has 2 unspecified atom stereocenters. The summed E-state index contributed by atoms with van der Waals surface area (Å²) in [4.78, 5) is 2.66. The molecule has 0 radical (unpaired) electrons. The monoisotopic (exact) mass is 168 g/mol. The first-order chi connectivity index (χ1) is 5.59. The van der Waals surface area contributed by atoms with Crippen molar-refractivity contribution in [1.29, 1.82) is 0 Å². The van der Waals surface area contributed by atoms with Crippen molar-refractivity contribution in [2.75, 3.05) is 19.6 Å². The number of likely N-dealkylation sites (tertiary alicyclic amines) is 1. The van der Waals surface area contributed by atoms with Gasteiger partial charge in [0.2, 0.25) is 0 Å². The molecule has 2 heteroatoms. The van der Waals surface area contributed by atoms with E-state index in [4.69, 9.17) is 0 Å². The quantitative estimate of drug-likeness (QED) is 0.582. The summed E-state index contributed by atoms with van der Waals surface area (Å²) >= 11 is 0. The number of fused-ring (bicyclic) bond motifs is 1. The molecule has 0 amide bonds. The summed E-state index contributed by atoms with van der Waals surface area (Å²) < 4.78 is 0. The minimum atomic E-state index is 0.367. The van der Waals surface area contributed by atoms with Gasteiger partial charge in [0.15, 0.2) is 0 Å². The first-order valence-corrected chi connectivity index (χ1v) is 5.06. The van der Waals surface area contributed by atoms with E-state index in [9.17, 15) is 0 Å².